The topological polar surface area (TPSA) is 107 Å². The maximum Gasteiger partial charge on any atom is 0.252 e. The Bertz CT molecular complexity index is 973. The van der Waals surface area contributed by atoms with E-state index in [2.05, 4.69) is 20.6 Å². The van der Waals surface area contributed by atoms with Gasteiger partial charge in [-0.1, -0.05) is 18.2 Å². The number of carbonyl (C=O) groups excluding carboxylic acids is 2. The van der Waals surface area contributed by atoms with Crippen LogP contribution in [0.25, 0.3) is 10.9 Å². The van der Waals surface area contributed by atoms with E-state index in [1.807, 2.05) is 30.5 Å². The lowest BCUT2D eigenvalue weighted by molar-refractivity contribution is -0.122. The number of aromatic amines is 2. The largest absolute Gasteiger partial charge is 0.361 e. The number of H-pyrrole nitrogens is 2. The number of para-hydroxylation sites is 1. The van der Waals surface area contributed by atoms with Crippen LogP contribution in [0.2, 0.25) is 0 Å². The molecule has 0 aliphatic rings. The molecule has 3 rings (SSSR count). The minimum Gasteiger partial charge on any atom is -0.361 e. The van der Waals surface area contributed by atoms with Crippen molar-refractivity contribution in [1.82, 2.24) is 20.6 Å². The molecule has 0 unspecified atom stereocenters. The summed E-state index contributed by atoms with van der Waals surface area (Å²) in [5, 5.41) is 6.26. The fourth-order valence-electron chi connectivity index (χ4n) is 2.73. The SMILES string of the molecule is CNC(=O)[C@H](Cc1c[nH]c2ccccc12)NC(=O)c1cc[nH]c(=O)c1. The van der Waals surface area contributed by atoms with Crippen LogP contribution in [0.4, 0.5) is 0 Å². The van der Waals surface area contributed by atoms with Crippen molar-refractivity contribution in [2.45, 2.75) is 12.5 Å². The minimum absolute atomic E-state index is 0.205. The van der Waals surface area contributed by atoms with Gasteiger partial charge in [-0.2, -0.15) is 0 Å². The normalized spacial score (nSPS) is 11.9. The van der Waals surface area contributed by atoms with Gasteiger partial charge in [-0.25, -0.2) is 0 Å². The average Bonchev–Trinajstić information content (AvgIpc) is 3.03. The molecule has 0 saturated heterocycles. The Morgan fingerprint density at radius 1 is 1.16 bits per heavy atom. The lowest BCUT2D eigenvalue weighted by Gasteiger charge is -2.17. The molecule has 1 atom stereocenters. The fourth-order valence-corrected chi connectivity index (χ4v) is 2.73. The van der Waals surface area contributed by atoms with E-state index in [1.165, 1.54) is 25.4 Å². The Kier molecular flexibility index (Phi) is 4.65. The van der Waals surface area contributed by atoms with Crippen LogP contribution in [-0.2, 0) is 11.2 Å². The zero-order valence-corrected chi connectivity index (χ0v) is 13.6. The molecule has 0 bridgehead atoms. The van der Waals surface area contributed by atoms with Crippen LogP contribution in [0.5, 0.6) is 0 Å². The highest BCUT2D eigenvalue weighted by Gasteiger charge is 2.22. The van der Waals surface area contributed by atoms with Crippen LogP contribution >= 0.6 is 0 Å². The van der Waals surface area contributed by atoms with Crippen molar-refractivity contribution in [3.8, 4) is 0 Å². The van der Waals surface area contributed by atoms with Gasteiger partial charge in [-0.05, 0) is 17.7 Å². The first-order chi connectivity index (χ1) is 12.1. The number of fused-ring (bicyclic) bond motifs is 1. The van der Waals surface area contributed by atoms with Crippen LogP contribution in [0, 0.1) is 0 Å². The lowest BCUT2D eigenvalue weighted by Crippen LogP contribution is -2.47. The first-order valence-electron chi connectivity index (χ1n) is 7.84. The molecule has 4 N–H and O–H groups in total. The molecule has 0 spiro atoms. The molecule has 0 radical (unpaired) electrons. The van der Waals surface area contributed by atoms with Crippen LogP contribution in [0.1, 0.15) is 15.9 Å². The average molecular weight is 338 g/mol. The van der Waals surface area contributed by atoms with E-state index in [1.54, 1.807) is 0 Å². The fraction of sp³-hybridized carbons (Fsp3) is 0.167. The van der Waals surface area contributed by atoms with Crippen LogP contribution in [-0.4, -0.2) is 34.9 Å². The summed E-state index contributed by atoms with van der Waals surface area (Å²) in [6, 6.07) is 9.68. The Labute approximate surface area is 143 Å². The van der Waals surface area contributed by atoms with Gasteiger partial charge in [0.15, 0.2) is 0 Å². The van der Waals surface area contributed by atoms with Crippen molar-refractivity contribution in [2.75, 3.05) is 7.05 Å². The highest BCUT2D eigenvalue weighted by molar-refractivity contribution is 5.97. The van der Waals surface area contributed by atoms with Gasteiger partial charge in [0, 0.05) is 48.4 Å². The maximum absolute atomic E-state index is 12.4. The number of hydrogen-bond donors (Lipinski definition) is 4. The number of nitrogens with one attached hydrogen (secondary N) is 4. The molecule has 7 heteroatoms. The van der Waals surface area contributed by atoms with Gasteiger partial charge in [0.1, 0.15) is 6.04 Å². The molecule has 2 amide bonds. The van der Waals surface area contributed by atoms with E-state index in [0.29, 0.717) is 6.42 Å². The van der Waals surface area contributed by atoms with Gasteiger partial charge in [0.25, 0.3) is 5.91 Å². The number of benzene rings is 1. The molecular formula is C18H18N4O3. The van der Waals surface area contributed by atoms with E-state index in [9.17, 15) is 14.4 Å². The Hall–Kier alpha value is -3.35. The number of amides is 2. The molecule has 2 heterocycles. The standard InChI is InChI=1S/C18H18N4O3/c1-19-18(25)15(22-17(24)11-6-7-20-16(23)9-11)8-12-10-21-14-5-3-2-4-13(12)14/h2-7,9-10,15,21H,8H2,1H3,(H,19,25)(H,20,23)(H,22,24)/t15-/m0/s1. The third-order valence-corrected chi connectivity index (χ3v) is 4.00. The Morgan fingerprint density at radius 3 is 2.72 bits per heavy atom. The highest BCUT2D eigenvalue weighted by Crippen LogP contribution is 2.19. The first kappa shape index (κ1) is 16.5. The van der Waals surface area contributed by atoms with E-state index >= 15 is 0 Å². The minimum atomic E-state index is -0.754. The molecule has 0 aliphatic heterocycles. The Balaban J connectivity index is 1.84. The van der Waals surface area contributed by atoms with Gasteiger partial charge in [-0.15, -0.1) is 0 Å². The summed E-state index contributed by atoms with van der Waals surface area (Å²) in [5.74, 6) is -0.775. The van der Waals surface area contributed by atoms with Crippen molar-refractivity contribution >= 4 is 22.7 Å². The van der Waals surface area contributed by atoms with E-state index in [-0.39, 0.29) is 17.0 Å². The summed E-state index contributed by atoms with van der Waals surface area (Å²) in [5.41, 5.74) is 1.72. The zero-order chi connectivity index (χ0) is 17.8. The zero-order valence-electron chi connectivity index (χ0n) is 13.6. The number of likely N-dealkylation sites (N-methyl/N-ethyl adjacent to an activating group) is 1. The van der Waals surface area contributed by atoms with E-state index in [4.69, 9.17) is 0 Å². The summed E-state index contributed by atoms with van der Waals surface area (Å²) in [6.45, 7) is 0. The van der Waals surface area contributed by atoms with Gasteiger partial charge < -0.3 is 20.6 Å². The number of rotatable bonds is 5. The van der Waals surface area contributed by atoms with Crippen LogP contribution < -0.4 is 16.2 Å². The molecule has 2 aromatic heterocycles. The summed E-state index contributed by atoms with van der Waals surface area (Å²) in [4.78, 5) is 41.5. The van der Waals surface area contributed by atoms with Crippen molar-refractivity contribution in [2.24, 2.45) is 0 Å². The summed E-state index contributed by atoms with van der Waals surface area (Å²) >= 11 is 0. The van der Waals surface area contributed by atoms with Crippen molar-refractivity contribution in [3.63, 3.8) is 0 Å². The van der Waals surface area contributed by atoms with Gasteiger partial charge >= 0.3 is 0 Å². The molecule has 1 aromatic carbocycles. The molecule has 128 valence electrons. The van der Waals surface area contributed by atoms with E-state index in [0.717, 1.165) is 16.5 Å². The molecule has 0 aliphatic carbocycles. The third kappa shape index (κ3) is 3.60. The summed E-state index contributed by atoms with van der Waals surface area (Å²) in [7, 11) is 1.52. The van der Waals surface area contributed by atoms with Gasteiger partial charge in [0.2, 0.25) is 11.5 Å². The van der Waals surface area contributed by atoms with Crippen molar-refractivity contribution < 1.29 is 9.59 Å². The third-order valence-electron chi connectivity index (χ3n) is 4.00. The second kappa shape index (κ2) is 7.04. The maximum atomic E-state index is 12.4. The smallest absolute Gasteiger partial charge is 0.252 e. The second-order valence-corrected chi connectivity index (χ2v) is 5.65. The molecule has 0 fully saturated rings. The quantitative estimate of drug-likeness (QED) is 0.556. The summed E-state index contributed by atoms with van der Waals surface area (Å²) in [6.07, 6.45) is 3.56. The van der Waals surface area contributed by atoms with Gasteiger partial charge in [-0.3, -0.25) is 14.4 Å². The predicted molar refractivity (Wildman–Crippen MR) is 94.4 cm³/mol. The van der Waals surface area contributed by atoms with Gasteiger partial charge in [0.05, 0.1) is 0 Å². The second-order valence-electron chi connectivity index (χ2n) is 5.65. The Morgan fingerprint density at radius 2 is 1.96 bits per heavy atom. The molecule has 7 nitrogen and oxygen atoms in total. The first-order valence-corrected chi connectivity index (χ1v) is 7.84. The number of aromatic nitrogens is 2. The van der Waals surface area contributed by atoms with Crippen LogP contribution in [0.3, 0.4) is 0 Å². The number of pyridine rings is 1. The summed E-state index contributed by atoms with van der Waals surface area (Å²) < 4.78 is 0. The highest BCUT2D eigenvalue weighted by atomic mass is 16.2. The van der Waals surface area contributed by atoms with Crippen molar-refractivity contribution in [3.05, 3.63) is 70.3 Å². The predicted octanol–water partition coefficient (Wildman–Crippen LogP) is 0.943. The van der Waals surface area contributed by atoms with Crippen LogP contribution in [0.15, 0.2) is 53.6 Å². The monoisotopic (exact) mass is 338 g/mol. The lowest BCUT2D eigenvalue weighted by atomic mass is 10.0. The number of carbonyl (C=O) groups is 2. The van der Waals surface area contributed by atoms with E-state index < -0.39 is 11.9 Å². The molecular weight excluding hydrogens is 320 g/mol. The molecule has 3 aromatic rings. The number of hydrogen-bond acceptors (Lipinski definition) is 3. The van der Waals surface area contributed by atoms with Crippen molar-refractivity contribution in [1.29, 1.82) is 0 Å². The molecule has 0 saturated carbocycles. The molecule has 25 heavy (non-hydrogen) atoms.